The van der Waals surface area contributed by atoms with Crippen molar-refractivity contribution in [1.29, 1.82) is 0 Å². The second kappa shape index (κ2) is 7.46. The van der Waals surface area contributed by atoms with Gasteiger partial charge in [0.1, 0.15) is 0 Å². The second-order valence-electron chi connectivity index (χ2n) is 4.92. The summed E-state index contributed by atoms with van der Waals surface area (Å²) in [6.45, 7) is 0. The maximum absolute atomic E-state index is 12.0. The van der Waals surface area contributed by atoms with Crippen molar-refractivity contribution in [2.45, 2.75) is 10.4 Å². The molecule has 0 aliphatic carbocycles. The minimum absolute atomic E-state index is 0.0659. The van der Waals surface area contributed by atoms with Gasteiger partial charge < -0.3 is 10.5 Å². The van der Waals surface area contributed by atoms with Gasteiger partial charge in [0.25, 0.3) is 5.91 Å². The van der Waals surface area contributed by atoms with Crippen LogP contribution in [0.2, 0.25) is 0 Å². The van der Waals surface area contributed by atoms with E-state index in [4.69, 9.17) is 10.5 Å². The number of thiazole rings is 1. The van der Waals surface area contributed by atoms with Crippen molar-refractivity contribution < 1.29 is 14.3 Å². The molecule has 122 valence electrons. The molecule has 0 saturated heterocycles. The Balaban J connectivity index is 1.62. The number of carbonyl (C=O) groups excluding carboxylic acids is 2. The van der Waals surface area contributed by atoms with E-state index in [-0.39, 0.29) is 5.75 Å². The van der Waals surface area contributed by atoms with Crippen molar-refractivity contribution in [1.82, 2.24) is 4.98 Å². The topological polar surface area (TPSA) is 82.3 Å². The quantitative estimate of drug-likeness (QED) is 0.541. The van der Waals surface area contributed by atoms with E-state index in [9.17, 15) is 9.59 Å². The molecule has 1 amide bonds. The van der Waals surface area contributed by atoms with Crippen LogP contribution in [0.3, 0.4) is 0 Å². The Morgan fingerprint density at radius 3 is 2.54 bits per heavy atom. The summed E-state index contributed by atoms with van der Waals surface area (Å²) in [5, 5.41) is 0. The van der Waals surface area contributed by atoms with Crippen LogP contribution in [-0.2, 0) is 14.3 Å². The van der Waals surface area contributed by atoms with Crippen LogP contribution >= 0.6 is 23.1 Å². The summed E-state index contributed by atoms with van der Waals surface area (Å²) in [6, 6.07) is 16.5. The predicted molar refractivity (Wildman–Crippen MR) is 94.8 cm³/mol. The van der Waals surface area contributed by atoms with Gasteiger partial charge >= 0.3 is 5.97 Å². The average Bonchev–Trinajstić information content (AvgIpc) is 3.01. The molecule has 0 radical (unpaired) electrons. The number of carbonyl (C=O) groups is 2. The van der Waals surface area contributed by atoms with Crippen LogP contribution in [0.15, 0.2) is 58.9 Å². The molecule has 3 aromatic rings. The zero-order valence-corrected chi connectivity index (χ0v) is 14.2. The van der Waals surface area contributed by atoms with E-state index in [0.29, 0.717) is 5.56 Å². The summed E-state index contributed by atoms with van der Waals surface area (Å²) in [6.07, 6.45) is -1.07. The van der Waals surface area contributed by atoms with E-state index >= 15 is 0 Å². The van der Waals surface area contributed by atoms with Gasteiger partial charge in [0.15, 0.2) is 4.34 Å². The molecule has 24 heavy (non-hydrogen) atoms. The van der Waals surface area contributed by atoms with Crippen LogP contribution in [0.5, 0.6) is 0 Å². The molecule has 0 saturated carbocycles. The van der Waals surface area contributed by atoms with Crippen LogP contribution in [0, 0.1) is 0 Å². The van der Waals surface area contributed by atoms with Crippen LogP contribution < -0.4 is 5.73 Å². The fourth-order valence-corrected chi connectivity index (χ4v) is 3.97. The zero-order chi connectivity index (χ0) is 16.9. The van der Waals surface area contributed by atoms with E-state index in [0.717, 1.165) is 14.6 Å². The lowest BCUT2D eigenvalue weighted by Crippen LogP contribution is -2.26. The van der Waals surface area contributed by atoms with Crippen molar-refractivity contribution in [3.63, 3.8) is 0 Å². The average molecular weight is 358 g/mol. The monoisotopic (exact) mass is 358 g/mol. The molecule has 1 aromatic heterocycles. The van der Waals surface area contributed by atoms with Crippen LogP contribution in [0.4, 0.5) is 0 Å². The Morgan fingerprint density at radius 1 is 1.12 bits per heavy atom. The third-order valence-corrected chi connectivity index (χ3v) is 5.35. The molecule has 1 heterocycles. The Hall–Kier alpha value is -2.38. The van der Waals surface area contributed by atoms with E-state index in [1.54, 1.807) is 24.3 Å². The molecule has 3 rings (SSSR count). The smallest absolute Gasteiger partial charge is 0.317 e. The van der Waals surface area contributed by atoms with Gasteiger partial charge in [-0.15, -0.1) is 11.3 Å². The Bertz CT molecular complexity index is 831. The molecule has 7 heteroatoms. The number of hydrogen-bond acceptors (Lipinski definition) is 6. The summed E-state index contributed by atoms with van der Waals surface area (Å²) in [4.78, 5) is 28.0. The SMILES string of the molecule is NC(=O)C(OC(=O)CSc1nc2ccccc2s1)c1ccccc1. The minimum Gasteiger partial charge on any atom is -0.447 e. The van der Waals surface area contributed by atoms with E-state index in [1.807, 2.05) is 30.3 Å². The number of rotatable bonds is 6. The molecular weight excluding hydrogens is 344 g/mol. The molecule has 5 nitrogen and oxygen atoms in total. The standard InChI is InChI=1S/C17H14N2O3S2/c18-16(21)15(11-6-2-1-3-7-11)22-14(20)10-23-17-19-12-8-4-5-9-13(12)24-17/h1-9,15H,10H2,(H2,18,21). The highest BCUT2D eigenvalue weighted by Gasteiger charge is 2.22. The van der Waals surface area contributed by atoms with Crippen molar-refractivity contribution in [3.05, 3.63) is 60.2 Å². The largest absolute Gasteiger partial charge is 0.447 e. The lowest BCUT2D eigenvalue weighted by atomic mass is 10.1. The van der Waals surface area contributed by atoms with E-state index < -0.39 is 18.0 Å². The van der Waals surface area contributed by atoms with Gasteiger partial charge in [-0.05, 0) is 12.1 Å². The number of hydrogen-bond donors (Lipinski definition) is 1. The number of esters is 1. The number of amides is 1. The third-order valence-electron chi connectivity index (χ3n) is 3.20. The van der Waals surface area contributed by atoms with Gasteiger partial charge in [-0.3, -0.25) is 9.59 Å². The summed E-state index contributed by atoms with van der Waals surface area (Å²) in [5.74, 6) is -1.14. The molecule has 0 fully saturated rings. The highest BCUT2D eigenvalue weighted by atomic mass is 32.2. The van der Waals surface area contributed by atoms with Gasteiger partial charge in [-0.1, -0.05) is 54.2 Å². The molecule has 2 N–H and O–H groups in total. The maximum atomic E-state index is 12.0. The molecule has 0 aliphatic rings. The number of para-hydroxylation sites is 1. The highest BCUT2D eigenvalue weighted by Crippen LogP contribution is 2.29. The maximum Gasteiger partial charge on any atom is 0.317 e. The summed E-state index contributed by atoms with van der Waals surface area (Å²) < 4.78 is 7.08. The first-order valence-electron chi connectivity index (χ1n) is 7.15. The van der Waals surface area contributed by atoms with Gasteiger partial charge in [-0.2, -0.15) is 0 Å². The lowest BCUT2D eigenvalue weighted by Gasteiger charge is -2.14. The van der Waals surface area contributed by atoms with Crippen molar-refractivity contribution in [2.24, 2.45) is 5.73 Å². The first-order valence-corrected chi connectivity index (χ1v) is 8.96. The molecule has 1 unspecified atom stereocenters. The van der Waals surface area contributed by atoms with Gasteiger partial charge in [-0.25, -0.2) is 4.98 Å². The van der Waals surface area contributed by atoms with Crippen LogP contribution in [0.25, 0.3) is 10.2 Å². The van der Waals surface area contributed by atoms with Crippen LogP contribution in [0.1, 0.15) is 11.7 Å². The summed E-state index contributed by atoms with van der Waals surface area (Å²) in [7, 11) is 0. The number of benzene rings is 2. The zero-order valence-electron chi connectivity index (χ0n) is 12.5. The number of nitrogens with zero attached hydrogens (tertiary/aromatic N) is 1. The van der Waals surface area contributed by atoms with Gasteiger partial charge in [0.2, 0.25) is 6.10 Å². The van der Waals surface area contributed by atoms with Gasteiger partial charge in [0.05, 0.1) is 16.0 Å². The van der Waals surface area contributed by atoms with E-state index in [1.165, 1.54) is 23.1 Å². The normalized spacial score (nSPS) is 12.0. The minimum atomic E-state index is -1.07. The third kappa shape index (κ3) is 3.93. The molecule has 0 aliphatic heterocycles. The van der Waals surface area contributed by atoms with Crippen molar-refractivity contribution in [2.75, 3.05) is 5.75 Å². The number of nitrogens with two attached hydrogens (primary N) is 1. The Morgan fingerprint density at radius 2 is 1.83 bits per heavy atom. The fourth-order valence-electron chi connectivity index (χ4n) is 2.12. The van der Waals surface area contributed by atoms with E-state index in [2.05, 4.69) is 4.98 Å². The number of thioether (sulfide) groups is 1. The lowest BCUT2D eigenvalue weighted by molar-refractivity contribution is -0.152. The number of fused-ring (bicyclic) bond motifs is 1. The van der Waals surface area contributed by atoms with Gasteiger partial charge in [0, 0.05) is 5.56 Å². The van der Waals surface area contributed by atoms with Crippen LogP contribution in [-0.4, -0.2) is 22.6 Å². The Labute approximate surface area is 146 Å². The predicted octanol–water partition coefficient (Wildman–Crippen LogP) is 3.16. The molecular formula is C17H14N2O3S2. The fraction of sp³-hybridized carbons (Fsp3) is 0.118. The highest BCUT2D eigenvalue weighted by molar-refractivity contribution is 8.01. The Kier molecular flexibility index (Phi) is 5.12. The first-order chi connectivity index (χ1) is 11.6. The number of ether oxygens (including phenoxy) is 1. The summed E-state index contributed by atoms with van der Waals surface area (Å²) >= 11 is 2.80. The first kappa shape index (κ1) is 16.5. The number of primary amides is 1. The second-order valence-corrected chi connectivity index (χ2v) is 7.17. The molecule has 0 bridgehead atoms. The van der Waals surface area contributed by atoms with Crippen molar-refractivity contribution >= 4 is 45.2 Å². The summed E-state index contributed by atoms with van der Waals surface area (Å²) in [5.41, 5.74) is 6.80. The molecule has 1 atom stereocenters. The van der Waals surface area contributed by atoms with Crippen molar-refractivity contribution in [3.8, 4) is 0 Å². The number of aromatic nitrogens is 1. The molecule has 0 spiro atoms. The molecule has 2 aromatic carbocycles.